The van der Waals surface area contributed by atoms with Gasteiger partial charge in [-0.25, -0.2) is 9.59 Å². The van der Waals surface area contributed by atoms with Gasteiger partial charge in [0.25, 0.3) is 5.56 Å². The Hall–Kier alpha value is -2.09. The maximum Gasteiger partial charge on any atom is 0.333 e. The second kappa shape index (κ2) is 4.23. The molecule has 0 radical (unpaired) electrons. The van der Waals surface area contributed by atoms with Gasteiger partial charge in [-0.15, -0.1) is 0 Å². The van der Waals surface area contributed by atoms with Crippen LogP contribution >= 0.6 is 0 Å². The summed E-state index contributed by atoms with van der Waals surface area (Å²) < 4.78 is 5.02. The van der Waals surface area contributed by atoms with Crippen molar-refractivity contribution in [3.8, 4) is 0 Å². The first-order valence-electron chi connectivity index (χ1n) is 5.77. The van der Waals surface area contributed by atoms with Crippen LogP contribution in [0.15, 0.2) is 14.4 Å². The SMILES string of the molecule is CN(C)Cn1c(=O)n(C)c(=O)c2c1n(C)c(=O)n2C. The minimum atomic E-state index is -0.463. The van der Waals surface area contributed by atoms with Gasteiger partial charge in [0.2, 0.25) is 0 Å². The molecule has 0 aromatic carbocycles. The van der Waals surface area contributed by atoms with E-state index in [0.29, 0.717) is 12.3 Å². The molecule has 0 aliphatic heterocycles. The van der Waals surface area contributed by atoms with Gasteiger partial charge in [-0.2, -0.15) is 0 Å². The quantitative estimate of drug-likeness (QED) is 0.647. The van der Waals surface area contributed by atoms with Crippen LogP contribution in [0, 0.1) is 0 Å². The fourth-order valence-electron chi connectivity index (χ4n) is 2.20. The lowest BCUT2D eigenvalue weighted by Crippen LogP contribution is -2.41. The molecule has 2 heterocycles. The average molecular weight is 267 g/mol. The third-order valence-electron chi connectivity index (χ3n) is 3.14. The van der Waals surface area contributed by atoms with E-state index in [-0.39, 0.29) is 11.2 Å². The molecular formula is C11H17N5O3. The molecule has 0 N–H and O–H groups in total. The second-order valence-electron chi connectivity index (χ2n) is 4.87. The van der Waals surface area contributed by atoms with Crippen molar-refractivity contribution in [1.29, 1.82) is 0 Å². The minimum absolute atomic E-state index is 0.233. The number of rotatable bonds is 2. The maximum atomic E-state index is 12.2. The van der Waals surface area contributed by atoms with Crippen molar-refractivity contribution in [2.24, 2.45) is 21.1 Å². The summed E-state index contributed by atoms with van der Waals surface area (Å²) in [5.41, 5.74) is -0.654. The predicted octanol–water partition coefficient (Wildman–Crippen LogP) is -1.74. The first-order valence-corrected chi connectivity index (χ1v) is 5.77. The van der Waals surface area contributed by atoms with Crippen LogP contribution in [0.4, 0.5) is 0 Å². The van der Waals surface area contributed by atoms with Crippen molar-refractivity contribution in [3.05, 3.63) is 31.3 Å². The van der Waals surface area contributed by atoms with E-state index in [0.717, 1.165) is 4.57 Å². The monoisotopic (exact) mass is 267 g/mol. The molecule has 8 nitrogen and oxygen atoms in total. The average Bonchev–Trinajstić information content (AvgIpc) is 2.56. The molecule has 2 aromatic heterocycles. The summed E-state index contributed by atoms with van der Waals surface area (Å²) in [7, 11) is 8.11. The summed E-state index contributed by atoms with van der Waals surface area (Å²) in [5, 5.41) is 0. The third-order valence-corrected chi connectivity index (χ3v) is 3.14. The fraction of sp³-hybridized carbons (Fsp3) is 0.545. The summed E-state index contributed by atoms with van der Waals surface area (Å²) in [6.45, 7) is 0.292. The van der Waals surface area contributed by atoms with Gasteiger partial charge in [0.15, 0.2) is 11.2 Å². The predicted molar refractivity (Wildman–Crippen MR) is 71.3 cm³/mol. The van der Waals surface area contributed by atoms with Crippen molar-refractivity contribution in [2.45, 2.75) is 6.67 Å². The highest BCUT2D eigenvalue weighted by atomic mass is 16.2. The van der Waals surface area contributed by atoms with Crippen LogP contribution in [-0.2, 0) is 27.8 Å². The zero-order valence-electron chi connectivity index (χ0n) is 11.7. The molecule has 2 aromatic rings. The van der Waals surface area contributed by atoms with Gasteiger partial charge in [-0.1, -0.05) is 0 Å². The Morgan fingerprint density at radius 2 is 1.47 bits per heavy atom. The van der Waals surface area contributed by atoms with Crippen LogP contribution in [-0.4, -0.2) is 37.3 Å². The Kier molecular flexibility index (Phi) is 2.97. The van der Waals surface area contributed by atoms with Gasteiger partial charge in [0.1, 0.15) is 0 Å². The molecule has 0 aliphatic carbocycles. The lowest BCUT2D eigenvalue weighted by atomic mass is 10.5. The first-order chi connectivity index (χ1) is 8.77. The Labute approximate surface area is 108 Å². The summed E-state index contributed by atoms with van der Waals surface area (Å²) in [5.74, 6) is 0. The first kappa shape index (κ1) is 13.3. The molecule has 0 aliphatic rings. The Morgan fingerprint density at radius 1 is 0.895 bits per heavy atom. The normalized spacial score (nSPS) is 11.7. The Morgan fingerprint density at radius 3 is 2.00 bits per heavy atom. The molecule has 0 spiro atoms. The summed E-state index contributed by atoms with van der Waals surface area (Å²) >= 11 is 0. The number of aryl methyl sites for hydroxylation is 2. The van der Waals surface area contributed by atoms with Crippen molar-refractivity contribution in [2.75, 3.05) is 14.1 Å². The molecule has 0 atom stereocenters. The highest BCUT2D eigenvalue weighted by Gasteiger charge is 2.19. The van der Waals surface area contributed by atoms with Crippen LogP contribution in [0.2, 0.25) is 0 Å². The number of imidazole rings is 1. The van der Waals surface area contributed by atoms with Crippen LogP contribution in [0.5, 0.6) is 0 Å². The third kappa shape index (κ3) is 1.75. The highest BCUT2D eigenvalue weighted by molar-refractivity contribution is 5.70. The zero-order chi connectivity index (χ0) is 14.5. The molecule has 19 heavy (non-hydrogen) atoms. The molecule has 0 bridgehead atoms. The van der Waals surface area contributed by atoms with Gasteiger partial charge in [0, 0.05) is 21.1 Å². The lowest BCUT2D eigenvalue weighted by molar-refractivity contribution is 0.319. The van der Waals surface area contributed by atoms with E-state index in [1.807, 2.05) is 14.1 Å². The van der Waals surface area contributed by atoms with E-state index in [2.05, 4.69) is 0 Å². The van der Waals surface area contributed by atoms with E-state index in [9.17, 15) is 14.4 Å². The van der Waals surface area contributed by atoms with Crippen LogP contribution in [0.3, 0.4) is 0 Å². The molecule has 104 valence electrons. The van der Waals surface area contributed by atoms with E-state index >= 15 is 0 Å². The van der Waals surface area contributed by atoms with Crippen molar-refractivity contribution < 1.29 is 0 Å². The maximum absolute atomic E-state index is 12.2. The number of hydrogen-bond acceptors (Lipinski definition) is 4. The molecule has 0 saturated carbocycles. The standard InChI is InChI=1S/C11H17N5O3/c1-12(2)6-16-8-7(9(17)15(5)11(16)19)13(3)10(18)14(8)4/h6H2,1-5H3. The fourth-order valence-corrected chi connectivity index (χ4v) is 2.20. The summed E-state index contributed by atoms with van der Waals surface area (Å²) in [6, 6.07) is 0. The molecule has 0 unspecified atom stereocenters. The molecule has 0 saturated heterocycles. The molecule has 2 rings (SSSR count). The van der Waals surface area contributed by atoms with Gasteiger partial charge in [-0.05, 0) is 14.1 Å². The van der Waals surface area contributed by atoms with Gasteiger partial charge >= 0.3 is 11.4 Å². The van der Waals surface area contributed by atoms with Gasteiger partial charge in [-0.3, -0.25) is 28.0 Å². The van der Waals surface area contributed by atoms with E-state index in [1.54, 1.807) is 11.9 Å². The lowest BCUT2D eigenvalue weighted by Gasteiger charge is -2.15. The van der Waals surface area contributed by atoms with Crippen molar-refractivity contribution >= 4 is 11.2 Å². The topological polar surface area (TPSA) is 74.2 Å². The molecular weight excluding hydrogens is 250 g/mol. The van der Waals surface area contributed by atoms with Crippen LogP contribution < -0.4 is 16.9 Å². The number of nitrogens with zero attached hydrogens (tertiary/aromatic N) is 5. The molecule has 0 fully saturated rings. The number of hydrogen-bond donors (Lipinski definition) is 0. The van der Waals surface area contributed by atoms with Gasteiger partial charge in [0.05, 0.1) is 6.67 Å². The van der Waals surface area contributed by atoms with Crippen molar-refractivity contribution in [1.82, 2.24) is 23.2 Å². The number of fused-ring (bicyclic) bond motifs is 1. The summed E-state index contributed by atoms with van der Waals surface area (Å²) in [6.07, 6.45) is 0. The second-order valence-corrected chi connectivity index (χ2v) is 4.87. The number of aromatic nitrogens is 4. The van der Waals surface area contributed by atoms with E-state index in [4.69, 9.17) is 0 Å². The molecule has 8 heteroatoms. The largest absolute Gasteiger partial charge is 0.333 e. The molecule has 0 amide bonds. The summed E-state index contributed by atoms with van der Waals surface area (Å²) in [4.78, 5) is 38.1. The van der Waals surface area contributed by atoms with Crippen molar-refractivity contribution in [3.63, 3.8) is 0 Å². The van der Waals surface area contributed by atoms with Crippen LogP contribution in [0.1, 0.15) is 0 Å². The van der Waals surface area contributed by atoms with E-state index in [1.165, 1.54) is 27.8 Å². The Balaban J connectivity index is 3.12. The highest BCUT2D eigenvalue weighted by Crippen LogP contribution is 2.04. The zero-order valence-corrected chi connectivity index (χ0v) is 11.7. The minimum Gasteiger partial charge on any atom is -0.292 e. The van der Waals surface area contributed by atoms with Crippen LogP contribution in [0.25, 0.3) is 11.2 Å². The van der Waals surface area contributed by atoms with E-state index < -0.39 is 11.2 Å². The smallest absolute Gasteiger partial charge is 0.292 e. The van der Waals surface area contributed by atoms with Gasteiger partial charge < -0.3 is 0 Å². The Bertz CT molecular complexity index is 818.